The number of hydrogen-bond acceptors (Lipinski definition) is 6. The number of likely N-dealkylation sites (N-methyl/N-ethyl adjacent to an activating group) is 1. The molecule has 3 rings (SSSR count). The molecule has 2 saturated heterocycles. The molecule has 1 aromatic rings. The van der Waals surface area contributed by atoms with E-state index in [1.807, 2.05) is 11.8 Å². The SMILES string of the molecule is CCn1nccc1C(=O)N1CCN(CC(=O)N(C)C)[C@@H]2CS(=O)(=O)C[C@@H]21. The Morgan fingerprint density at radius 3 is 2.58 bits per heavy atom. The number of aromatic nitrogens is 2. The van der Waals surface area contributed by atoms with E-state index < -0.39 is 15.9 Å². The number of carbonyl (C=O) groups is 2. The summed E-state index contributed by atoms with van der Waals surface area (Å²) in [6.07, 6.45) is 1.58. The normalized spacial score (nSPS) is 25.1. The summed E-state index contributed by atoms with van der Waals surface area (Å²) in [5.74, 6) is -0.349. The zero-order valence-electron chi connectivity index (χ0n) is 15.3. The molecule has 26 heavy (non-hydrogen) atoms. The molecule has 0 aromatic carbocycles. The Morgan fingerprint density at radius 2 is 1.92 bits per heavy atom. The molecule has 0 spiro atoms. The smallest absolute Gasteiger partial charge is 0.272 e. The van der Waals surface area contributed by atoms with Crippen molar-refractivity contribution in [3.05, 3.63) is 18.0 Å². The van der Waals surface area contributed by atoms with E-state index in [4.69, 9.17) is 0 Å². The third-order valence-electron chi connectivity index (χ3n) is 5.12. The number of hydrogen-bond donors (Lipinski definition) is 0. The lowest BCUT2D eigenvalue weighted by molar-refractivity contribution is -0.131. The van der Waals surface area contributed by atoms with Gasteiger partial charge in [-0.1, -0.05) is 0 Å². The highest BCUT2D eigenvalue weighted by Crippen LogP contribution is 2.28. The molecule has 0 saturated carbocycles. The van der Waals surface area contributed by atoms with E-state index in [0.717, 1.165) is 0 Å². The van der Waals surface area contributed by atoms with Gasteiger partial charge in [-0.15, -0.1) is 0 Å². The Balaban J connectivity index is 1.85. The Labute approximate surface area is 153 Å². The topological polar surface area (TPSA) is 95.8 Å². The summed E-state index contributed by atoms with van der Waals surface area (Å²) in [7, 11) is 0.103. The van der Waals surface area contributed by atoms with Crippen LogP contribution in [0.4, 0.5) is 0 Å². The highest BCUT2D eigenvalue weighted by Gasteiger charge is 2.48. The van der Waals surface area contributed by atoms with Crippen LogP contribution in [0.25, 0.3) is 0 Å². The minimum atomic E-state index is -3.25. The number of nitrogens with zero attached hydrogens (tertiary/aromatic N) is 5. The van der Waals surface area contributed by atoms with E-state index in [2.05, 4.69) is 5.10 Å². The van der Waals surface area contributed by atoms with E-state index in [9.17, 15) is 18.0 Å². The van der Waals surface area contributed by atoms with Crippen LogP contribution < -0.4 is 0 Å². The van der Waals surface area contributed by atoms with Crippen LogP contribution in [0.1, 0.15) is 17.4 Å². The maximum absolute atomic E-state index is 13.0. The fourth-order valence-corrected chi connectivity index (χ4v) is 5.71. The molecule has 1 aromatic heterocycles. The predicted molar refractivity (Wildman–Crippen MR) is 95.4 cm³/mol. The summed E-state index contributed by atoms with van der Waals surface area (Å²) in [6, 6.07) is 0.877. The minimum Gasteiger partial charge on any atom is -0.348 e. The second-order valence-electron chi connectivity index (χ2n) is 7.00. The molecule has 2 atom stereocenters. The van der Waals surface area contributed by atoms with E-state index in [-0.39, 0.29) is 35.9 Å². The molecule has 0 unspecified atom stereocenters. The third-order valence-corrected chi connectivity index (χ3v) is 6.82. The van der Waals surface area contributed by atoms with Gasteiger partial charge in [0.05, 0.1) is 24.1 Å². The van der Waals surface area contributed by atoms with E-state index >= 15 is 0 Å². The summed E-state index contributed by atoms with van der Waals surface area (Å²) in [5.41, 5.74) is 0.466. The third kappa shape index (κ3) is 3.48. The van der Waals surface area contributed by atoms with Gasteiger partial charge in [0, 0.05) is 46.0 Å². The minimum absolute atomic E-state index is 0.0187. The van der Waals surface area contributed by atoms with Crippen LogP contribution in [-0.2, 0) is 21.2 Å². The average Bonchev–Trinajstić information content (AvgIpc) is 3.17. The molecule has 0 aliphatic carbocycles. The van der Waals surface area contributed by atoms with Crippen molar-refractivity contribution in [2.75, 3.05) is 45.2 Å². The summed E-state index contributed by atoms with van der Waals surface area (Å²) in [4.78, 5) is 30.1. The molecule has 3 heterocycles. The number of fused-ring (bicyclic) bond motifs is 1. The zero-order chi connectivity index (χ0) is 19.1. The van der Waals surface area contributed by atoms with Gasteiger partial charge in [0.25, 0.3) is 5.91 Å². The Kier molecular flexibility index (Phi) is 5.07. The average molecular weight is 383 g/mol. The first-order valence-electron chi connectivity index (χ1n) is 8.71. The predicted octanol–water partition coefficient (Wildman–Crippen LogP) is -1.09. The molecule has 0 N–H and O–H groups in total. The molecule has 2 amide bonds. The number of rotatable bonds is 4. The second kappa shape index (κ2) is 6.99. The van der Waals surface area contributed by atoms with Crippen molar-refractivity contribution < 1.29 is 18.0 Å². The number of sulfone groups is 1. The van der Waals surface area contributed by atoms with Crippen LogP contribution >= 0.6 is 0 Å². The van der Waals surface area contributed by atoms with Gasteiger partial charge in [0.1, 0.15) is 5.69 Å². The first kappa shape index (κ1) is 18.8. The Morgan fingerprint density at radius 1 is 1.23 bits per heavy atom. The highest BCUT2D eigenvalue weighted by atomic mass is 32.2. The first-order valence-corrected chi connectivity index (χ1v) is 10.5. The van der Waals surface area contributed by atoms with Crippen molar-refractivity contribution >= 4 is 21.7 Å². The van der Waals surface area contributed by atoms with Gasteiger partial charge in [0.2, 0.25) is 5.91 Å². The van der Waals surface area contributed by atoms with Crippen molar-refractivity contribution in [1.29, 1.82) is 0 Å². The van der Waals surface area contributed by atoms with Crippen molar-refractivity contribution in [2.24, 2.45) is 0 Å². The molecule has 144 valence electrons. The molecule has 10 heteroatoms. The molecule has 9 nitrogen and oxygen atoms in total. The summed E-state index contributed by atoms with van der Waals surface area (Å²) < 4.78 is 26.1. The second-order valence-corrected chi connectivity index (χ2v) is 9.15. The largest absolute Gasteiger partial charge is 0.348 e. The summed E-state index contributed by atoms with van der Waals surface area (Å²) in [6.45, 7) is 3.50. The van der Waals surface area contributed by atoms with Crippen molar-refractivity contribution in [3.8, 4) is 0 Å². The summed E-state index contributed by atoms with van der Waals surface area (Å²) >= 11 is 0. The van der Waals surface area contributed by atoms with Crippen molar-refractivity contribution in [2.45, 2.75) is 25.6 Å². The van der Waals surface area contributed by atoms with Crippen LogP contribution in [0.5, 0.6) is 0 Å². The van der Waals surface area contributed by atoms with Crippen molar-refractivity contribution in [1.82, 2.24) is 24.5 Å². The first-order chi connectivity index (χ1) is 12.2. The molecular formula is C16H25N5O4S. The van der Waals surface area contributed by atoms with E-state index in [0.29, 0.717) is 25.3 Å². The van der Waals surface area contributed by atoms with Crippen LogP contribution in [0.2, 0.25) is 0 Å². The lowest BCUT2D eigenvalue weighted by Crippen LogP contribution is -2.62. The lowest BCUT2D eigenvalue weighted by atomic mass is 10.0. The van der Waals surface area contributed by atoms with Gasteiger partial charge in [-0.25, -0.2) is 8.42 Å². The molecule has 0 bridgehead atoms. The molecule has 2 aliphatic rings. The van der Waals surface area contributed by atoms with E-state index in [1.165, 1.54) is 4.90 Å². The standard InChI is InChI=1S/C16H25N5O4S/c1-4-21-12(5-6-17-21)16(23)20-8-7-19(9-15(22)18(2)3)13-10-26(24,25)11-14(13)20/h5-6,13-14H,4,7-11H2,1-3H3/t13-,14+/m1/s1. The van der Waals surface area contributed by atoms with Crippen molar-refractivity contribution in [3.63, 3.8) is 0 Å². The van der Waals surface area contributed by atoms with Gasteiger partial charge in [-0.2, -0.15) is 5.10 Å². The van der Waals surface area contributed by atoms with Crippen LogP contribution in [0, 0.1) is 0 Å². The Bertz CT molecular complexity index is 803. The lowest BCUT2D eigenvalue weighted by Gasteiger charge is -2.43. The van der Waals surface area contributed by atoms with Gasteiger partial charge in [0.15, 0.2) is 9.84 Å². The quantitative estimate of drug-likeness (QED) is 0.656. The van der Waals surface area contributed by atoms with Gasteiger partial charge >= 0.3 is 0 Å². The highest BCUT2D eigenvalue weighted by molar-refractivity contribution is 7.91. The van der Waals surface area contributed by atoms with Crippen LogP contribution in [-0.4, -0.2) is 102 Å². The van der Waals surface area contributed by atoms with Gasteiger partial charge < -0.3 is 9.80 Å². The monoisotopic (exact) mass is 383 g/mol. The number of amides is 2. The fourth-order valence-electron chi connectivity index (χ4n) is 3.70. The molecule has 0 radical (unpaired) electrons. The maximum Gasteiger partial charge on any atom is 0.272 e. The zero-order valence-corrected chi connectivity index (χ0v) is 16.1. The van der Waals surface area contributed by atoms with Crippen LogP contribution in [0.3, 0.4) is 0 Å². The summed E-state index contributed by atoms with van der Waals surface area (Å²) in [5, 5.41) is 4.13. The van der Waals surface area contributed by atoms with Gasteiger partial charge in [-0.05, 0) is 13.0 Å². The number of carbonyl (C=O) groups excluding carboxylic acids is 2. The number of piperazine rings is 1. The molecular weight excluding hydrogens is 358 g/mol. The van der Waals surface area contributed by atoms with Gasteiger partial charge in [-0.3, -0.25) is 19.2 Å². The van der Waals surface area contributed by atoms with Crippen LogP contribution in [0.15, 0.2) is 12.3 Å². The number of aryl methyl sites for hydroxylation is 1. The maximum atomic E-state index is 13.0. The fraction of sp³-hybridized carbons (Fsp3) is 0.688. The van der Waals surface area contributed by atoms with E-state index in [1.54, 1.807) is 35.9 Å². The molecule has 2 aliphatic heterocycles. The Hall–Kier alpha value is -1.94. The molecule has 2 fully saturated rings.